The van der Waals surface area contributed by atoms with Gasteiger partial charge in [0.05, 0.1) is 12.6 Å². The van der Waals surface area contributed by atoms with Gasteiger partial charge in [0, 0.05) is 5.92 Å². The molecule has 0 bridgehead atoms. The predicted molar refractivity (Wildman–Crippen MR) is 95.7 cm³/mol. The number of hydrogen-bond acceptors (Lipinski definition) is 3. The first kappa shape index (κ1) is 18.7. The smallest absolute Gasteiger partial charge is 0.237 e. The van der Waals surface area contributed by atoms with Crippen LogP contribution < -0.4 is 11.1 Å². The summed E-state index contributed by atoms with van der Waals surface area (Å²) in [5.41, 5.74) is 6.59. The molecule has 0 radical (unpaired) electrons. The fraction of sp³-hybridized carbons (Fsp3) is 0.556. The van der Waals surface area contributed by atoms with Crippen LogP contribution in [0.25, 0.3) is 0 Å². The molecule has 1 heterocycles. The van der Waals surface area contributed by atoms with Crippen molar-refractivity contribution in [2.24, 2.45) is 17.1 Å². The molecule has 3 rings (SSSR count). The number of carbonyl (C=O) groups is 2. The van der Waals surface area contributed by atoms with Crippen LogP contribution in [0.5, 0.6) is 0 Å². The van der Waals surface area contributed by atoms with E-state index in [1.54, 1.807) is 4.90 Å². The third-order valence-corrected chi connectivity index (χ3v) is 5.45. The maximum absolute atomic E-state index is 13.0. The average molecular weight is 352 g/mol. The number of nitrogens with two attached hydrogens (primary N) is 1. The highest BCUT2D eigenvalue weighted by atomic mass is 35.5. The normalized spacial score (nSPS) is 22.3. The second-order valence-electron chi connectivity index (χ2n) is 6.89. The van der Waals surface area contributed by atoms with Crippen LogP contribution in [0.1, 0.15) is 37.8 Å². The minimum absolute atomic E-state index is 0. The Balaban J connectivity index is 0.00000208. The van der Waals surface area contributed by atoms with E-state index in [4.69, 9.17) is 5.73 Å². The molecular formula is C18H26ClN3O2. The van der Waals surface area contributed by atoms with E-state index in [1.165, 1.54) is 0 Å². The molecule has 1 aromatic carbocycles. The highest BCUT2D eigenvalue weighted by Crippen LogP contribution is 2.59. The molecule has 5 nitrogen and oxygen atoms in total. The number of piperidine rings is 1. The van der Waals surface area contributed by atoms with Crippen molar-refractivity contribution in [3.05, 3.63) is 35.9 Å². The van der Waals surface area contributed by atoms with Gasteiger partial charge in [-0.15, -0.1) is 12.4 Å². The zero-order valence-electron chi connectivity index (χ0n) is 14.0. The number of rotatable bonds is 5. The minimum atomic E-state index is -0.457. The number of halogens is 1. The Morgan fingerprint density at radius 1 is 1.29 bits per heavy atom. The topological polar surface area (TPSA) is 75.4 Å². The summed E-state index contributed by atoms with van der Waals surface area (Å²) in [6.07, 6.45) is 3.05. The molecule has 2 atom stereocenters. The molecule has 0 aromatic heterocycles. The number of benzene rings is 1. The summed E-state index contributed by atoms with van der Waals surface area (Å²) in [4.78, 5) is 26.2. The Labute approximate surface area is 149 Å². The van der Waals surface area contributed by atoms with Gasteiger partial charge in [0.1, 0.15) is 0 Å². The summed E-state index contributed by atoms with van der Waals surface area (Å²) >= 11 is 0. The third-order valence-electron chi connectivity index (χ3n) is 5.45. The van der Waals surface area contributed by atoms with E-state index in [0.717, 1.165) is 37.9 Å². The zero-order chi connectivity index (χ0) is 16.4. The zero-order valence-corrected chi connectivity index (χ0v) is 14.8. The van der Waals surface area contributed by atoms with Crippen molar-refractivity contribution < 1.29 is 9.59 Å². The van der Waals surface area contributed by atoms with Gasteiger partial charge in [-0.05, 0) is 50.3 Å². The summed E-state index contributed by atoms with van der Waals surface area (Å²) in [5, 5.41) is 3.35. The van der Waals surface area contributed by atoms with Crippen molar-refractivity contribution in [1.82, 2.24) is 10.2 Å². The summed E-state index contributed by atoms with van der Waals surface area (Å²) in [7, 11) is 0. The van der Waals surface area contributed by atoms with Gasteiger partial charge >= 0.3 is 0 Å². The lowest BCUT2D eigenvalue weighted by molar-refractivity contribution is -0.139. The van der Waals surface area contributed by atoms with Crippen LogP contribution in [0.15, 0.2) is 30.3 Å². The Hall–Kier alpha value is -1.59. The Bertz CT molecular complexity index is 587. The Morgan fingerprint density at radius 3 is 2.50 bits per heavy atom. The first-order valence-corrected chi connectivity index (χ1v) is 8.38. The van der Waals surface area contributed by atoms with Gasteiger partial charge in [-0.2, -0.15) is 0 Å². The van der Waals surface area contributed by atoms with E-state index < -0.39 is 5.91 Å². The molecule has 24 heavy (non-hydrogen) atoms. The molecule has 1 spiro atoms. The maximum atomic E-state index is 13.0. The quantitative estimate of drug-likeness (QED) is 0.850. The van der Waals surface area contributed by atoms with Crippen molar-refractivity contribution in [2.75, 3.05) is 19.6 Å². The lowest BCUT2D eigenvalue weighted by Gasteiger charge is -2.31. The summed E-state index contributed by atoms with van der Waals surface area (Å²) in [6, 6.07) is 9.67. The lowest BCUT2D eigenvalue weighted by Crippen LogP contribution is -2.42. The number of nitrogens with one attached hydrogen (secondary N) is 1. The lowest BCUT2D eigenvalue weighted by atomic mass is 9.91. The summed E-state index contributed by atoms with van der Waals surface area (Å²) < 4.78 is 0. The van der Waals surface area contributed by atoms with Gasteiger partial charge in [0.2, 0.25) is 11.8 Å². The highest BCUT2D eigenvalue weighted by molar-refractivity contribution is 5.87. The van der Waals surface area contributed by atoms with Crippen LogP contribution in [-0.2, 0) is 9.59 Å². The molecule has 1 unspecified atom stereocenters. The average Bonchev–Trinajstić information content (AvgIpc) is 3.25. The first-order valence-electron chi connectivity index (χ1n) is 8.38. The van der Waals surface area contributed by atoms with Gasteiger partial charge in [0.25, 0.3) is 0 Å². The number of nitrogens with zero attached hydrogens (tertiary/aromatic N) is 1. The summed E-state index contributed by atoms with van der Waals surface area (Å²) in [5.74, 6) is -0.321. The fourth-order valence-corrected chi connectivity index (χ4v) is 3.86. The van der Waals surface area contributed by atoms with E-state index >= 15 is 0 Å². The molecular weight excluding hydrogens is 326 g/mol. The molecule has 1 aliphatic heterocycles. The Morgan fingerprint density at radius 2 is 1.92 bits per heavy atom. The van der Waals surface area contributed by atoms with E-state index in [2.05, 4.69) is 5.32 Å². The van der Waals surface area contributed by atoms with Crippen LogP contribution >= 0.6 is 12.4 Å². The molecule has 132 valence electrons. The van der Waals surface area contributed by atoms with Gasteiger partial charge in [-0.3, -0.25) is 9.59 Å². The largest absolute Gasteiger partial charge is 0.368 e. The molecule has 1 saturated carbocycles. The fourth-order valence-electron chi connectivity index (χ4n) is 3.86. The van der Waals surface area contributed by atoms with E-state index in [-0.39, 0.29) is 42.2 Å². The van der Waals surface area contributed by atoms with E-state index in [9.17, 15) is 9.59 Å². The highest BCUT2D eigenvalue weighted by Gasteiger charge is 2.58. The van der Waals surface area contributed by atoms with Crippen LogP contribution in [0.4, 0.5) is 0 Å². The molecule has 1 aliphatic carbocycles. The van der Waals surface area contributed by atoms with Crippen LogP contribution in [0.3, 0.4) is 0 Å². The molecule has 1 saturated heterocycles. The van der Waals surface area contributed by atoms with Crippen LogP contribution in [0.2, 0.25) is 0 Å². The van der Waals surface area contributed by atoms with Crippen molar-refractivity contribution in [1.29, 1.82) is 0 Å². The molecule has 3 N–H and O–H groups in total. The van der Waals surface area contributed by atoms with E-state index in [0.29, 0.717) is 0 Å². The monoisotopic (exact) mass is 351 g/mol. The number of primary amides is 1. The van der Waals surface area contributed by atoms with E-state index in [1.807, 2.05) is 37.3 Å². The van der Waals surface area contributed by atoms with Gasteiger partial charge in [0.15, 0.2) is 0 Å². The van der Waals surface area contributed by atoms with Crippen molar-refractivity contribution >= 4 is 24.2 Å². The predicted octanol–water partition coefficient (Wildman–Crippen LogP) is 1.87. The number of hydrogen-bond donors (Lipinski definition) is 2. The minimum Gasteiger partial charge on any atom is -0.368 e. The van der Waals surface area contributed by atoms with Crippen molar-refractivity contribution in [2.45, 2.75) is 32.2 Å². The second-order valence-corrected chi connectivity index (χ2v) is 6.89. The molecule has 2 amide bonds. The second kappa shape index (κ2) is 7.53. The Kier molecular flexibility index (Phi) is 5.88. The first-order chi connectivity index (χ1) is 11.0. The van der Waals surface area contributed by atoms with Crippen LogP contribution in [0, 0.1) is 11.3 Å². The molecule has 6 heteroatoms. The van der Waals surface area contributed by atoms with Crippen molar-refractivity contribution in [3.8, 4) is 0 Å². The van der Waals surface area contributed by atoms with Gasteiger partial charge < -0.3 is 16.0 Å². The van der Waals surface area contributed by atoms with Crippen molar-refractivity contribution in [3.63, 3.8) is 0 Å². The SMILES string of the molecule is C[C@H](c1ccccc1)N(CC(N)=O)C(=O)C1CC12CCNCC2.Cl. The third kappa shape index (κ3) is 3.73. The standard InChI is InChI=1S/C18H25N3O2.ClH/c1-13(14-5-3-2-4-6-14)21(12-16(19)22)17(23)15-11-18(15)7-9-20-10-8-18;/h2-6,13,15,20H,7-12H2,1H3,(H2,19,22);1H/t13-,15?;/m1./s1. The van der Waals surface area contributed by atoms with Gasteiger partial charge in [-0.1, -0.05) is 30.3 Å². The molecule has 2 fully saturated rings. The van der Waals surface area contributed by atoms with Crippen LogP contribution in [-0.4, -0.2) is 36.3 Å². The number of amides is 2. The van der Waals surface area contributed by atoms with Gasteiger partial charge in [-0.25, -0.2) is 0 Å². The molecule has 1 aromatic rings. The maximum Gasteiger partial charge on any atom is 0.237 e. The summed E-state index contributed by atoms with van der Waals surface area (Å²) in [6.45, 7) is 3.91. The molecule has 2 aliphatic rings. The number of carbonyl (C=O) groups excluding carboxylic acids is 2.